The molecule has 0 heterocycles. The third kappa shape index (κ3) is 3.28. The minimum atomic E-state index is -0.0805. The number of aliphatic hydroxyl groups excluding tert-OH is 1. The van der Waals surface area contributed by atoms with Crippen molar-refractivity contribution < 1.29 is 9.84 Å². The van der Waals surface area contributed by atoms with Gasteiger partial charge < -0.3 is 9.84 Å². The molecule has 0 aliphatic heterocycles. The molecule has 0 saturated carbocycles. The Bertz CT molecular complexity index is 579. The van der Waals surface area contributed by atoms with Gasteiger partial charge in [0.1, 0.15) is 12.4 Å². The minimum Gasteiger partial charge on any atom is -0.487 e. The van der Waals surface area contributed by atoms with E-state index in [1.165, 1.54) is 11.1 Å². The van der Waals surface area contributed by atoms with E-state index in [4.69, 9.17) is 16.3 Å². The Kier molecular flexibility index (Phi) is 4.46. The first-order valence-electron chi connectivity index (χ1n) is 6.19. The molecule has 0 fully saturated rings. The van der Waals surface area contributed by atoms with Crippen molar-refractivity contribution in [3.05, 3.63) is 63.7 Å². The predicted octanol–water partition coefficient (Wildman–Crippen LogP) is 4.03. The number of benzene rings is 2. The largest absolute Gasteiger partial charge is 0.487 e. The van der Waals surface area contributed by atoms with Gasteiger partial charge in [0.15, 0.2) is 0 Å². The van der Waals surface area contributed by atoms with Crippen molar-refractivity contribution in [1.82, 2.24) is 0 Å². The molecule has 0 amide bonds. The Balaban J connectivity index is 2.16. The smallest absolute Gasteiger partial charge is 0.143 e. The highest BCUT2D eigenvalue weighted by molar-refractivity contribution is 6.32. The van der Waals surface area contributed by atoms with Crippen molar-refractivity contribution in [3.8, 4) is 5.75 Å². The molecule has 2 aromatic carbocycles. The van der Waals surface area contributed by atoms with Gasteiger partial charge in [0.05, 0.1) is 11.6 Å². The van der Waals surface area contributed by atoms with E-state index in [9.17, 15) is 5.11 Å². The fraction of sp³-hybridized carbons (Fsp3) is 0.250. The van der Waals surface area contributed by atoms with Gasteiger partial charge in [-0.2, -0.15) is 0 Å². The summed E-state index contributed by atoms with van der Waals surface area (Å²) in [5.74, 6) is 0.560. The van der Waals surface area contributed by atoms with Crippen LogP contribution in [0, 0.1) is 13.8 Å². The lowest BCUT2D eigenvalue weighted by Gasteiger charge is -2.12. The fourth-order valence-electron chi connectivity index (χ4n) is 1.89. The molecule has 0 bridgehead atoms. The fourth-order valence-corrected chi connectivity index (χ4v) is 2.14. The van der Waals surface area contributed by atoms with Crippen molar-refractivity contribution in [2.24, 2.45) is 0 Å². The number of ether oxygens (including phenoxy) is 1. The summed E-state index contributed by atoms with van der Waals surface area (Å²) >= 11 is 6.09. The van der Waals surface area contributed by atoms with Crippen molar-refractivity contribution in [2.75, 3.05) is 0 Å². The number of hydrogen-bond acceptors (Lipinski definition) is 2. The first-order valence-corrected chi connectivity index (χ1v) is 6.57. The number of halogens is 1. The highest BCUT2D eigenvalue weighted by Gasteiger charge is 2.08. The molecule has 2 nitrogen and oxygen atoms in total. The lowest BCUT2D eigenvalue weighted by Crippen LogP contribution is -2.00. The molecule has 0 aliphatic carbocycles. The summed E-state index contributed by atoms with van der Waals surface area (Å²) in [5, 5.41) is 9.81. The third-order valence-corrected chi connectivity index (χ3v) is 3.47. The van der Waals surface area contributed by atoms with Gasteiger partial charge in [0.25, 0.3) is 0 Å². The van der Waals surface area contributed by atoms with Gasteiger partial charge in [-0.25, -0.2) is 0 Å². The summed E-state index contributed by atoms with van der Waals surface area (Å²) in [6, 6.07) is 11.6. The number of aryl methyl sites for hydroxylation is 2. The van der Waals surface area contributed by atoms with E-state index < -0.39 is 0 Å². The monoisotopic (exact) mass is 276 g/mol. The molecule has 0 atom stereocenters. The van der Waals surface area contributed by atoms with Crippen LogP contribution >= 0.6 is 11.6 Å². The highest BCUT2D eigenvalue weighted by Crippen LogP contribution is 2.29. The normalized spacial score (nSPS) is 10.5. The molecule has 0 aromatic heterocycles. The van der Waals surface area contributed by atoms with Crippen LogP contribution in [0.5, 0.6) is 5.75 Å². The Morgan fingerprint density at radius 3 is 2.58 bits per heavy atom. The van der Waals surface area contributed by atoms with Crippen molar-refractivity contribution >= 4 is 11.6 Å². The molecule has 2 rings (SSSR count). The molecule has 0 unspecified atom stereocenters. The van der Waals surface area contributed by atoms with Crippen molar-refractivity contribution in [3.63, 3.8) is 0 Å². The lowest BCUT2D eigenvalue weighted by atomic mass is 10.1. The van der Waals surface area contributed by atoms with E-state index in [1.54, 1.807) is 12.1 Å². The molecule has 0 radical (unpaired) electrons. The van der Waals surface area contributed by atoms with E-state index in [0.717, 1.165) is 5.56 Å². The van der Waals surface area contributed by atoms with Crippen LogP contribution in [0.3, 0.4) is 0 Å². The zero-order valence-corrected chi connectivity index (χ0v) is 11.9. The standard InChI is InChI=1S/C16H17ClO2/c1-11-6-7-13(8-12(11)2)10-19-16-14(9-18)4-3-5-15(16)17/h3-8,18H,9-10H2,1-2H3. The average Bonchev–Trinajstić information content (AvgIpc) is 2.41. The molecule has 2 aromatic rings. The maximum atomic E-state index is 9.28. The highest BCUT2D eigenvalue weighted by atomic mass is 35.5. The quantitative estimate of drug-likeness (QED) is 0.914. The first kappa shape index (κ1) is 13.9. The van der Waals surface area contributed by atoms with Crippen LogP contribution in [0.25, 0.3) is 0 Å². The van der Waals surface area contributed by atoms with Crippen LogP contribution in [0.1, 0.15) is 22.3 Å². The summed E-state index contributed by atoms with van der Waals surface area (Å²) in [4.78, 5) is 0. The lowest BCUT2D eigenvalue weighted by molar-refractivity contribution is 0.259. The topological polar surface area (TPSA) is 29.5 Å². The third-order valence-electron chi connectivity index (χ3n) is 3.17. The summed E-state index contributed by atoms with van der Waals surface area (Å²) in [5.41, 5.74) is 4.29. The first-order chi connectivity index (χ1) is 9.11. The van der Waals surface area contributed by atoms with Gasteiger partial charge in [0.2, 0.25) is 0 Å². The maximum absolute atomic E-state index is 9.28. The molecular formula is C16H17ClO2. The molecule has 19 heavy (non-hydrogen) atoms. The van der Waals surface area contributed by atoms with E-state index in [1.807, 2.05) is 12.1 Å². The van der Waals surface area contributed by atoms with Gasteiger partial charge in [-0.15, -0.1) is 0 Å². The minimum absolute atomic E-state index is 0.0805. The van der Waals surface area contributed by atoms with Crippen LogP contribution in [0.4, 0.5) is 0 Å². The van der Waals surface area contributed by atoms with Gasteiger partial charge in [-0.3, -0.25) is 0 Å². The van der Waals surface area contributed by atoms with E-state index in [-0.39, 0.29) is 6.61 Å². The molecule has 0 spiro atoms. The van der Waals surface area contributed by atoms with Crippen LogP contribution in [0.15, 0.2) is 36.4 Å². The van der Waals surface area contributed by atoms with Gasteiger partial charge >= 0.3 is 0 Å². The Morgan fingerprint density at radius 1 is 1.11 bits per heavy atom. The van der Waals surface area contributed by atoms with Crippen LogP contribution in [-0.2, 0) is 13.2 Å². The Morgan fingerprint density at radius 2 is 1.89 bits per heavy atom. The van der Waals surface area contributed by atoms with Crippen LogP contribution in [0.2, 0.25) is 5.02 Å². The zero-order chi connectivity index (χ0) is 13.8. The SMILES string of the molecule is Cc1ccc(COc2c(Cl)cccc2CO)cc1C. The van der Waals surface area contributed by atoms with Gasteiger partial charge in [-0.1, -0.05) is 41.9 Å². The number of para-hydroxylation sites is 1. The average molecular weight is 277 g/mol. The van der Waals surface area contributed by atoms with Crippen LogP contribution < -0.4 is 4.74 Å². The summed E-state index contributed by atoms with van der Waals surface area (Å²) in [6.45, 7) is 4.52. The molecule has 0 saturated heterocycles. The second kappa shape index (κ2) is 6.09. The number of rotatable bonds is 4. The molecule has 100 valence electrons. The predicted molar refractivity (Wildman–Crippen MR) is 77.6 cm³/mol. The number of hydrogen-bond donors (Lipinski definition) is 1. The second-order valence-corrected chi connectivity index (χ2v) is 5.00. The Labute approximate surface area is 118 Å². The second-order valence-electron chi connectivity index (χ2n) is 4.59. The van der Waals surface area contributed by atoms with Crippen molar-refractivity contribution in [1.29, 1.82) is 0 Å². The maximum Gasteiger partial charge on any atom is 0.143 e. The van der Waals surface area contributed by atoms with Gasteiger partial charge in [0, 0.05) is 5.56 Å². The zero-order valence-electron chi connectivity index (χ0n) is 11.1. The van der Waals surface area contributed by atoms with E-state index in [0.29, 0.717) is 22.9 Å². The van der Waals surface area contributed by atoms with Gasteiger partial charge in [-0.05, 0) is 36.6 Å². The molecule has 1 N–H and O–H groups in total. The van der Waals surface area contributed by atoms with E-state index in [2.05, 4.69) is 26.0 Å². The molecular weight excluding hydrogens is 260 g/mol. The van der Waals surface area contributed by atoms with Crippen LogP contribution in [-0.4, -0.2) is 5.11 Å². The summed E-state index contributed by atoms with van der Waals surface area (Å²) in [7, 11) is 0. The summed E-state index contributed by atoms with van der Waals surface area (Å²) < 4.78 is 5.75. The molecule has 3 heteroatoms. The Hall–Kier alpha value is -1.51. The molecule has 0 aliphatic rings. The summed E-state index contributed by atoms with van der Waals surface area (Å²) in [6.07, 6.45) is 0. The van der Waals surface area contributed by atoms with E-state index >= 15 is 0 Å². The van der Waals surface area contributed by atoms with Crippen molar-refractivity contribution in [2.45, 2.75) is 27.1 Å². The number of aliphatic hydroxyl groups is 1.